The zero-order valence-electron chi connectivity index (χ0n) is 10.4. The second kappa shape index (κ2) is 6.03. The van der Waals surface area contributed by atoms with Gasteiger partial charge in [-0.1, -0.05) is 18.2 Å². The van der Waals surface area contributed by atoms with Crippen LogP contribution < -0.4 is 10.5 Å². The average molecular weight is 235 g/mol. The molecule has 17 heavy (non-hydrogen) atoms. The molecule has 2 N–H and O–H groups in total. The highest BCUT2D eigenvalue weighted by atomic mass is 16.5. The van der Waals surface area contributed by atoms with E-state index in [1.807, 2.05) is 31.2 Å². The Labute approximate surface area is 103 Å². The van der Waals surface area contributed by atoms with E-state index in [0.29, 0.717) is 12.7 Å². The van der Waals surface area contributed by atoms with Gasteiger partial charge in [-0.25, -0.2) is 0 Å². The Bertz CT molecular complexity index is 348. The molecule has 1 aromatic carbocycles. The molecule has 94 valence electrons. The minimum atomic E-state index is 0.000787. The highest BCUT2D eigenvalue weighted by Crippen LogP contribution is 2.29. The van der Waals surface area contributed by atoms with Crippen molar-refractivity contribution in [1.82, 2.24) is 0 Å². The number of hydrogen-bond donors (Lipinski definition) is 1. The van der Waals surface area contributed by atoms with Gasteiger partial charge in [0, 0.05) is 18.2 Å². The highest BCUT2D eigenvalue weighted by Gasteiger charge is 2.21. The number of ether oxygens (including phenoxy) is 2. The van der Waals surface area contributed by atoms with E-state index in [9.17, 15) is 0 Å². The summed E-state index contributed by atoms with van der Waals surface area (Å²) < 4.78 is 11.2. The third kappa shape index (κ3) is 3.20. The van der Waals surface area contributed by atoms with Gasteiger partial charge in [-0.15, -0.1) is 0 Å². The normalized spacial score (nSPS) is 21.4. The molecule has 0 amide bonds. The average Bonchev–Trinajstić information content (AvgIpc) is 2.83. The van der Waals surface area contributed by atoms with Crippen molar-refractivity contribution in [3.05, 3.63) is 29.8 Å². The summed E-state index contributed by atoms with van der Waals surface area (Å²) in [7, 11) is 0. The molecule has 0 bridgehead atoms. The number of nitrogens with two attached hydrogens (primary N) is 1. The van der Waals surface area contributed by atoms with Gasteiger partial charge < -0.3 is 15.2 Å². The van der Waals surface area contributed by atoms with E-state index in [1.165, 1.54) is 0 Å². The second-order valence-corrected chi connectivity index (χ2v) is 4.45. The van der Waals surface area contributed by atoms with Crippen LogP contribution in [0.5, 0.6) is 5.75 Å². The quantitative estimate of drug-likeness (QED) is 0.853. The van der Waals surface area contributed by atoms with Gasteiger partial charge in [-0.2, -0.15) is 0 Å². The molecule has 1 aromatic rings. The Kier molecular flexibility index (Phi) is 4.40. The fraction of sp³-hybridized carbons (Fsp3) is 0.571. The van der Waals surface area contributed by atoms with Gasteiger partial charge in [0.05, 0.1) is 12.7 Å². The molecule has 3 heteroatoms. The first kappa shape index (κ1) is 12.4. The molecule has 2 rings (SSSR count). The van der Waals surface area contributed by atoms with Gasteiger partial charge in [0.1, 0.15) is 5.75 Å². The maximum Gasteiger partial charge on any atom is 0.124 e. The van der Waals surface area contributed by atoms with Crippen LogP contribution in [-0.2, 0) is 4.74 Å². The van der Waals surface area contributed by atoms with E-state index < -0.39 is 0 Å². The third-order valence-corrected chi connectivity index (χ3v) is 3.16. The molecular formula is C14H21NO2. The summed E-state index contributed by atoms with van der Waals surface area (Å²) in [5.74, 6) is 0.903. The van der Waals surface area contributed by atoms with E-state index >= 15 is 0 Å². The molecular weight excluding hydrogens is 214 g/mol. The van der Waals surface area contributed by atoms with Gasteiger partial charge >= 0.3 is 0 Å². The van der Waals surface area contributed by atoms with Crippen molar-refractivity contribution in [3.8, 4) is 5.75 Å². The molecule has 1 aliphatic rings. The van der Waals surface area contributed by atoms with Gasteiger partial charge in [-0.05, 0) is 32.3 Å². The summed E-state index contributed by atoms with van der Waals surface area (Å²) in [6, 6.07) is 8.01. The van der Waals surface area contributed by atoms with E-state index in [2.05, 4.69) is 0 Å². The lowest BCUT2D eigenvalue weighted by Crippen LogP contribution is -2.19. The summed E-state index contributed by atoms with van der Waals surface area (Å²) >= 11 is 0. The molecule has 0 radical (unpaired) electrons. The standard InChI is InChI=1S/C14H21NO2/c1-2-16-14-8-4-3-7-12(14)13(15)10-11-6-5-9-17-11/h3-4,7-8,11,13H,2,5-6,9-10,15H2,1H3. The van der Waals surface area contributed by atoms with Crippen LogP contribution in [0.4, 0.5) is 0 Å². The molecule has 2 unspecified atom stereocenters. The largest absolute Gasteiger partial charge is 0.494 e. The fourth-order valence-electron chi connectivity index (χ4n) is 2.31. The predicted molar refractivity (Wildman–Crippen MR) is 68.1 cm³/mol. The third-order valence-electron chi connectivity index (χ3n) is 3.16. The molecule has 1 heterocycles. The van der Waals surface area contributed by atoms with Gasteiger partial charge in [-0.3, -0.25) is 0 Å². The minimum absolute atomic E-state index is 0.000787. The monoisotopic (exact) mass is 235 g/mol. The van der Waals surface area contributed by atoms with Crippen molar-refractivity contribution in [3.63, 3.8) is 0 Å². The van der Waals surface area contributed by atoms with Gasteiger partial charge in [0.25, 0.3) is 0 Å². The number of rotatable bonds is 5. The molecule has 1 saturated heterocycles. The van der Waals surface area contributed by atoms with Crippen LogP contribution in [0.15, 0.2) is 24.3 Å². The Morgan fingerprint density at radius 1 is 1.47 bits per heavy atom. The van der Waals surface area contributed by atoms with Gasteiger partial charge in [0.2, 0.25) is 0 Å². The summed E-state index contributed by atoms with van der Waals surface area (Å²) in [5.41, 5.74) is 7.33. The molecule has 0 saturated carbocycles. The number of hydrogen-bond acceptors (Lipinski definition) is 3. The molecule has 0 aromatic heterocycles. The predicted octanol–water partition coefficient (Wildman–Crippen LogP) is 2.65. The summed E-state index contributed by atoms with van der Waals surface area (Å²) in [6.45, 7) is 3.54. The molecule has 0 aliphatic carbocycles. The maximum absolute atomic E-state index is 6.25. The first-order valence-electron chi connectivity index (χ1n) is 6.40. The summed E-state index contributed by atoms with van der Waals surface area (Å²) in [4.78, 5) is 0. The Balaban J connectivity index is 2.03. The minimum Gasteiger partial charge on any atom is -0.494 e. The number of para-hydroxylation sites is 1. The molecule has 3 nitrogen and oxygen atoms in total. The Hall–Kier alpha value is -1.06. The zero-order valence-corrected chi connectivity index (χ0v) is 10.4. The van der Waals surface area contributed by atoms with Crippen LogP contribution in [0.1, 0.15) is 37.8 Å². The van der Waals surface area contributed by atoms with Crippen molar-refractivity contribution in [2.24, 2.45) is 5.73 Å². The lowest BCUT2D eigenvalue weighted by Gasteiger charge is -2.19. The first-order valence-corrected chi connectivity index (χ1v) is 6.40. The van der Waals surface area contributed by atoms with Gasteiger partial charge in [0.15, 0.2) is 0 Å². The maximum atomic E-state index is 6.25. The van der Waals surface area contributed by atoms with Crippen molar-refractivity contribution >= 4 is 0 Å². The van der Waals surface area contributed by atoms with Crippen molar-refractivity contribution < 1.29 is 9.47 Å². The molecule has 1 aliphatic heterocycles. The topological polar surface area (TPSA) is 44.5 Å². The number of benzene rings is 1. The van der Waals surface area contributed by atoms with Crippen molar-refractivity contribution in [1.29, 1.82) is 0 Å². The zero-order chi connectivity index (χ0) is 12.1. The van der Waals surface area contributed by atoms with E-state index in [4.69, 9.17) is 15.2 Å². The van der Waals surface area contributed by atoms with Crippen LogP contribution in [0, 0.1) is 0 Å². The lowest BCUT2D eigenvalue weighted by atomic mass is 9.99. The van der Waals surface area contributed by atoms with Crippen molar-refractivity contribution in [2.75, 3.05) is 13.2 Å². The second-order valence-electron chi connectivity index (χ2n) is 4.45. The fourth-order valence-corrected chi connectivity index (χ4v) is 2.31. The molecule has 1 fully saturated rings. The molecule has 0 spiro atoms. The van der Waals surface area contributed by atoms with Crippen LogP contribution >= 0.6 is 0 Å². The summed E-state index contributed by atoms with van der Waals surface area (Å²) in [6.07, 6.45) is 3.48. The first-order chi connectivity index (χ1) is 8.31. The highest BCUT2D eigenvalue weighted by molar-refractivity contribution is 5.35. The smallest absolute Gasteiger partial charge is 0.124 e. The van der Waals surface area contributed by atoms with E-state index in [0.717, 1.165) is 37.2 Å². The SMILES string of the molecule is CCOc1ccccc1C(N)CC1CCCO1. The Morgan fingerprint density at radius 3 is 3.00 bits per heavy atom. The van der Waals surface area contributed by atoms with Crippen LogP contribution in [0.25, 0.3) is 0 Å². The van der Waals surface area contributed by atoms with Crippen molar-refractivity contribution in [2.45, 2.75) is 38.3 Å². The van der Waals surface area contributed by atoms with Crippen LogP contribution in [-0.4, -0.2) is 19.3 Å². The van der Waals surface area contributed by atoms with Crippen LogP contribution in [0.2, 0.25) is 0 Å². The summed E-state index contributed by atoms with van der Waals surface area (Å²) in [5, 5.41) is 0. The molecule has 2 atom stereocenters. The Morgan fingerprint density at radius 2 is 2.29 bits per heavy atom. The van der Waals surface area contributed by atoms with E-state index in [-0.39, 0.29) is 6.04 Å². The lowest BCUT2D eigenvalue weighted by molar-refractivity contribution is 0.0980. The van der Waals surface area contributed by atoms with E-state index in [1.54, 1.807) is 0 Å². The van der Waals surface area contributed by atoms with Crippen LogP contribution in [0.3, 0.4) is 0 Å².